The van der Waals surface area contributed by atoms with Gasteiger partial charge in [0.25, 0.3) is 0 Å². The van der Waals surface area contributed by atoms with Gasteiger partial charge in [-0.15, -0.1) is 0 Å². The van der Waals surface area contributed by atoms with E-state index in [4.69, 9.17) is 9.47 Å². The van der Waals surface area contributed by atoms with Gasteiger partial charge in [0.1, 0.15) is 18.4 Å². The average molecular weight is 417 g/mol. The number of carbonyl (C=O) groups is 2. The summed E-state index contributed by atoms with van der Waals surface area (Å²) in [7, 11) is 1.54. The molecule has 2 N–H and O–H groups in total. The Hall–Kier alpha value is -3.80. The Morgan fingerprint density at radius 2 is 1.61 bits per heavy atom. The first-order valence-electron chi connectivity index (χ1n) is 10.0. The number of methoxy groups -OCH3 is 1. The second-order valence-corrected chi connectivity index (χ2v) is 7.42. The van der Waals surface area contributed by atoms with Crippen LogP contribution < -0.4 is 10.1 Å². The predicted octanol–water partition coefficient (Wildman–Crippen LogP) is 4.23. The molecule has 0 spiro atoms. The number of fused-ring (bicyclic) bond motifs is 3. The molecule has 0 aliphatic heterocycles. The van der Waals surface area contributed by atoms with Crippen molar-refractivity contribution in [2.75, 3.05) is 13.7 Å². The molecule has 0 saturated heterocycles. The Bertz CT molecular complexity index is 1060. The summed E-state index contributed by atoms with van der Waals surface area (Å²) in [6, 6.07) is 22.1. The second-order valence-electron chi connectivity index (χ2n) is 7.42. The molecule has 0 radical (unpaired) electrons. The molecule has 3 aromatic rings. The molecule has 158 valence electrons. The Balaban J connectivity index is 1.43. The number of carboxylic acids is 1. The summed E-state index contributed by atoms with van der Waals surface area (Å²) in [5.74, 6) is -0.584. The van der Waals surface area contributed by atoms with E-state index in [1.165, 1.54) is 0 Å². The standard InChI is InChI=1S/C25H23NO5/c1-30-17-8-6-7-16(13-17)14-23(24(27)28)26-25(29)31-15-22-20-11-4-2-9-18(20)19-10-3-5-12-21(19)22/h2-13,22-23H,14-15H2,1H3,(H,26,29)(H,27,28)/t23-/m0/s1. The molecule has 0 bridgehead atoms. The number of nitrogens with one attached hydrogen (secondary N) is 1. The highest BCUT2D eigenvalue weighted by Gasteiger charge is 2.29. The third kappa shape index (κ3) is 4.38. The van der Waals surface area contributed by atoms with Crippen molar-refractivity contribution in [2.24, 2.45) is 0 Å². The van der Waals surface area contributed by atoms with E-state index in [1.807, 2.05) is 36.4 Å². The molecular formula is C25H23NO5. The summed E-state index contributed by atoms with van der Waals surface area (Å²) < 4.78 is 10.6. The van der Waals surface area contributed by atoms with Crippen LogP contribution in [0.25, 0.3) is 11.1 Å². The maximum Gasteiger partial charge on any atom is 0.407 e. The fourth-order valence-electron chi connectivity index (χ4n) is 4.02. The highest BCUT2D eigenvalue weighted by atomic mass is 16.5. The van der Waals surface area contributed by atoms with Crippen molar-refractivity contribution >= 4 is 12.1 Å². The minimum atomic E-state index is -1.13. The van der Waals surface area contributed by atoms with Crippen LogP contribution in [0.2, 0.25) is 0 Å². The number of hydrogen-bond donors (Lipinski definition) is 2. The molecule has 3 aromatic carbocycles. The minimum absolute atomic E-state index is 0.0835. The Morgan fingerprint density at radius 3 is 2.23 bits per heavy atom. The Labute approximate surface area is 180 Å². The summed E-state index contributed by atoms with van der Waals surface area (Å²) in [6.07, 6.45) is -0.631. The van der Waals surface area contributed by atoms with E-state index < -0.39 is 18.1 Å². The van der Waals surface area contributed by atoms with Crippen molar-refractivity contribution in [1.29, 1.82) is 0 Å². The first-order valence-corrected chi connectivity index (χ1v) is 10.0. The molecule has 6 nitrogen and oxygen atoms in total. The summed E-state index contributed by atoms with van der Waals surface area (Å²) in [5.41, 5.74) is 5.21. The summed E-state index contributed by atoms with van der Waals surface area (Å²) in [4.78, 5) is 24.1. The molecule has 4 rings (SSSR count). The number of hydrogen-bond acceptors (Lipinski definition) is 4. The van der Waals surface area contributed by atoms with Crippen LogP contribution in [0.4, 0.5) is 4.79 Å². The molecule has 1 atom stereocenters. The second kappa shape index (κ2) is 8.92. The number of rotatable bonds is 7. The van der Waals surface area contributed by atoms with Gasteiger partial charge in [-0.05, 0) is 39.9 Å². The first kappa shape index (κ1) is 20.5. The predicted molar refractivity (Wildman–Crippen MR) is 116 cm³/mol. The van der Waals surface area contributed by atoms with Crippen molar-refractivity contribution in [3.8, 4) is 16.9 Å². The number of amides is 1. The van der Waals surface area contributed by atoms with Crippen molar-refractivity contribution in [3.63, 3.8) is 0 Å². The van der Waals surface area contributed by atoms with Gasteiger partial charge in [-0.1, -0.05) is 60.7 Å². The van der Waals surface area contributed by atoms with Crippen LogP contribution in [0.15, 0.2) is 72.8 Å². The molecule has 0 unspecified atom stereocenters. The lowest BCUT2D eigenvalue weighted by atomic mass is 9.98. The lowest BCUT2D eigenvalue weighted by molar-refractivity contribution is -0.139. The molecule has 1 aliphatic rings. The van der Waals surface area contributed by atoms with Crippen molar-refractivity contribution in [1.82, 2.24) is 5.32 Å². The fourth-order valence-corrected chi connectivity index (χ4v) is 4.02. The molecule has 0 aromatic heterocycles. The maximum absolute atomic E-state index is 12.4. The van der Waals surface area contributed by atoms with Gasteiger partial charge in [0, 0.05) is 12.3 Å². The Kier molecular flexibility index (Phi) is 5.89. The highest BCUT2D eigenvalue weighted by Crippen LogP contribution is 2.44. The molecule has 0 heterocycles. The van der Waals surface area contributed by atoms with E-state index in [0.717, 1.165) is 27.8 Å². The lowest BCUT2D eigenvalue weighted by Gasteiger charge is -2.17. The zero-order valence-electron chi connectivity index (χ0n) is 17.1. The molecule has 1 amide bonds. The number of aliphatic carboxylic acids is 1. The van der Waals surface area contributed by atoms with Gasteiger partial charge >= 0.3 is 12.1 Å². The molecule has 1 aliphatic carbocycles. The van der Waals surface area contributed by atoms with Gasteiger partial charge in [-0.2, -0.15) is 0 Å². The SMILES string of the molecule is COc1cccc(C[C@H](NC(=O)OCC2c3ccccc3-c3ccccc32)C(=O)O)c1. The topological polar surface area (TPSA) is 84.9 Å². The number of carboxylic acid groups (broad SMARTS) is 1. The normalized spacial score (nSPS) is 13.1. The monoisotopic (exact) mass is 417 g/mol. The first-order chi connectivity index (χ1) is 15.1. The summed E-state index contributed by atoms with van der Waals surface area (Å²) >= 11 is 0. The van der Waals surface area contributed by atoms with Crippen LogP contribution in [-0.4, -0.2) is 36.9 Å². The number of alkyl carbamates (subject to hydrolysis) is 1. The van der Waals surface area contributed by atoms with Crippen LogP contribution >= 0.6 is 0 Å². The smallest absolute Gasteiger partial charge is 0.407 e. The third-order valence-corrected chi connectivity index (χ3v) is 5.51. The van der Waals surface area contributed by atoms with E-state index in [2.05, 4.69) is 17.4 Å². The van der Waals surface area contributed by atoms with E-state index in [-0.39, 0.29) is 18.9 Å². The van der Waals surface area contributed by atoms with Crippen molar-refractivity contribution < 1.29 is 24.2 Å². The van der Waals surface area contributed by atoms with Crippen LogP contribution in [0, 0.1) is 0 Å². The van der Waals surface area contributed by atoms with Crippen LogP contribution in [0.1, 0.15) is 22.6 Å². The number of carbonyl (C=O) groups excluding carboxylic acids is 1. The van der Waals surface area contributed by atoms with E-state index in [1.54, 1.807) is 31.4 Å². The largest absolute Gasteiger partial charge is 0.497 e. The summed E-state index contributed by atoms with van der Waals surface area (Å²) in [6.45, 7) is 0.130. The van der Waals surface area contributed by atoms with Crippen molar-refractivity contribution in [3.05, 3.63) is 89.5 Å². The van der Waals surface area contributed by atoms with Crippen LogP contribution in [0.3, 0.4) is 0 Å². The van der Waals surface area contributed by atoms with Gasteiger partial charge in [0.15, 0.2) is 0 Å². The van der Waals surface area contributed by atoms with Gasteiger partial charge in [-0.25, -0.2) is 9.59 Å². The molecule has 6 heteroatoms. The molecule has 31 heavy (non-hydrogen) atoms. The van der Waals surface area contributed by atoms with Gasteiger partial charge in [0.2, 0.25) is 0 Å². The van der Waals surface area contributed by atoms with Crippen LogP contribution in [0.5, 0.6) is 5.75 Å². The maximum atomic E-state index is 12.4. The zero-order valence-corrected chi connectivity index (χ0v) is 17.1. The summed E-state index contributed by atoms with van der Waals surface area (Å²) in [5, 5.41) is 12.0. The third-order valence-electron chi connectivity index (χ3n) is 5.51. The van der Waals surface area contributed by atoms with E-state index in [0.29, 0.717) is 5.75 Å². The van der Waals surface area contributed by atoms with E-state index in [9.17, 15) is 14.7 Å². The zero-order chi connectivity index (χ0) is 21.8. The molecule has 0 saturated carbocycles. The average Bonchev–Trinajstić information content (AvgIpc) is 3.11. The quantitative estimate of drug-likeness (QED) is 0.601. The van der Waals surface area contributed by atoms with Crippen molar-refractivity contribution in [2.45, 2.75) is 18.4 Å². The van der Waals surface area contributed by atoms with Gasteiger partial charge in [0.05, 0.1) is 7.11 Å². The van der Waals surface area contributed by atoms with Crippen LogP contribution in [-0.2, 0) is 16.0 Å². The van der Waals surface area contributed by atoms with Gasteiger partial charge < -0.3 is 19.9 Å². The minimum Gasteiger partial charge on any atom is -0.497 e. The highest BCUT2D eigenvalue weighted by molar-refractivity contribution is 5.81. The molecule has 0 fully saturated rings. The van der Waals surface area contributed by atoms with E-state index >= 15 is 0 Å². The molecular weight excluding hydrogens is 394 g/mol. The number of ether oxygens (including phenoxy) is 2. The Morgan fingerprint density at radius 1 is 0.968 bits per heavy atom. The number of benzene rings is 3. The fraction of sp³-hybridized carbons (Fsp3) is 0.200. The van der Waals surface area contributed by atoms with Gasteiger partial charge in [-0.3, -0.25) is 0 Å². The lowest BCUT2D eigenvalue weighted by Crippen LogP contribution is -2.42.